The molecule has 3 rings (SSSR count). The average Bonchev–Trinajstić information content (AvgIpc) is 3.02. The highest BCUT2D eigenvalue weighted by Gasteiger charge is 2.22. The van der Waals surface area contributed by atoms with Gasteiger partial charge in [-0.15, -0.1) is 0 Å². The fourth-order valence-electron chi connectivity index (χ4n) is 2.95. The van der Waals surface area contributed by atoms with Crippen molar-refractivity contribution in [3.63, 3.8) is 0 Å². The van der Waals surface area contributed by atoms with Gasteiger partial charge in [0, 0.05) is 19.2 Å². The van der Waals surface area contributed by atoms with E-state index in [0.717, 1.165) is 31.5 Å². The monoisotopic (exact) mass is 394 g/mol. The van der Waals surface area contributed by atoms with Gasteiger partial charge >= 0.3 is 0 Å². The van der Waals surface area contributed by atoms with Crippen LogP contribution < -0.4 is 9.46 Å². The number of hydrogen-bond acceptors (Lipinski definition) is 4. The number of likely N-dealkylation sites (tertiary alicyclic amines) is 1. The third kappa shape index (κ3) is 4.50. The van der Waals surface area contributed by atoms with Gasteiger partial charge in [-0.3, -0.25) is 4.72 Å². The van der Waals surface area contributed by atoms with Crippen molar-refractivity contribution in [1.29, 1.82) is 0 Å². The molecule has 140 valence electrons. The zero-order valence-corrected chi connectivity index (χ0v) is 16.5. The van der Waals surface area contributed by atoms with Crippen molar-refractivity contribution in [2.75, 3.05) is 24.9 Å². The molecule has 2 aromatic rings. The van der Waals surface area contributed by atoms with Crippen molar-refractivity contribution < 1.29 is 13.2 Å². The Hall–Kier alpha value is -1.76. The summed E-state index contributed by atoms with van der Waals surface area (Å²) in [5.74, 6) is 0.494. The summed E-state index contributed by atoms with van der Waals surface area (Å²) in [5, 5.41) is 0.467. The number of rotatable bonds is 6. The van der Waals surface area contributed by atoms with Crippen LogP contribution in [0.1, 0.15) is 18.9 Å². The first kappa shape index (κ1) is 19.0. The predicted octanol–water partition coefficient (Wildman–Crippen LogP) is 3.79. The van der Waals surface area contributed by atoms with Crippen LogP contribution in [0.5, 0.6) is 5.75 Å². The summed E-state index contributed by atoms with van der Waals surface area (Å²) in [5.41, 5.74) is 1.52. The molecule has 0 amide bonds. The summed E-state index contributed by atoms with van der Waals surface area (Å²) in [6, 6.07) is 11.8. The number of benzene rings is 2. The van der Waals surface area contributed by atoms with Gasteiger partial charge in [-0.1, -0.05) is 30.7 Å². The van der Waals surface area contributed by atoms with E-state index < -0.39 is 10.0 Å². The minimum absolute atomic E-state index is 0.0611. The van der Waals surface area contributed by atoms with Gasteiger partial charge in [0.1, 0.15) is 11.9 Å². The predicted molar refractivity (Wildman–Crippen MR) is 105 cm³/mol. The van der Waals surface area contributed by atoms with Gasteiger partial charge in [-0.05, 0) is 49.7 Å². The number of aryl methyl sites for hydroxylation is 1. The van der Waals surface area contributed by atoms with Crippen LogP contribution >= 0.6 is 11.6 Å². The van der Waals surface area contributed by atoms with Crippen LogP contribution in [0.4, 0.5) is 5.69 Å². The molecule has 1 atom stereocenters. The minimum Gasteiger partial charge on any atom is -0.487 e. The second-order valence-corrected chi connectivity index (χ2v) is 8.63. The number of ether oxygens (including phenoxy) is 1. The number of nitrogens with zero attached hydrogens (tertiary/aromatic N) is 1. The minimum atomic E-state index is -3.66. The lowest BCUT2D eigenvalue weighted by Gasteiger charge is -2.16. The molecule has 2 aromatic carbocycles. The molecule has 7 heteroatoms. The van der Waals surface area contributed by atoms with Gasteiger partial charge in [-0.25, -0.2) is 8.42 Å². The number of hydrogen-bond donors (Lipinski definition) is 1. The van der Waals surface area contributed by atoms with Crippen LogP contribution in [-0.4, -0.2) is 39.6 Å². The SMILES string of the molecule is CCc1ccc(S(=O)(=O)Nc2ccc(Cl)c(O[C@@H]3CCN(C)C3)c2)cc1. The van der Waals surface area contributed by atoms with Gasteiger partial charge in [0.2, 0.25) is 0 Å². The van der Waals surface area contributed by atoms with Crippen molar-refractivity contribution in [3.05, 3.63) is 53.1 Å². The molecular weight excluding hydrogens is 372 g/mol. The van der Waals surface area contributed by atoms with Crippen molar-refractivity contribution in [3.8, 4) is 5.75 Å². The summed E-state index contributed by atoms with van der Waals surface area (Å²) in [4.78, 5) is 2.41. The lowest BCUT2D eigenvalue weighted by atomic mass is 10.2. The van der Waals surface area contributed by atoms with Crippen LogP contribution in [0, 0.1) is 0 Å². The van der Waals surface area contributed by atoms with Gasteiger partial charge in [0.05, 0.1) is 15.6 Å². The van der Waals surface area contributed by atoms with E-state index >= 15 is 0 Å². The first-order valence-electron chi connectivity index (χ1n) is 8.64. The Kier molecular flexibility index (Phi) is 5.75. The van der Waals surface area contributed by atoms with Gasteiger partial charge in [0.25, 0.3) is 10.0 Å². The molecular formula is C19H23ClN2O3S. The van der Waals surface area contributed by atoms with E-state index in [-0.39, 0.29) is 11.0 Å². The van der Waals surface area contributed by atoms with E-state index in [1.54, 1.807) is 30.3 Å². The third-order valence-corrected chi connectivity index (χ3v) is 6.18. The van der Waals surface area contributed by atoms with Crippen LogP contribution in [0.2, 0.25) is 5.02 Å². The molecule has 0 saturated carbocycles. The zero-order chi connectivity index (χ0) is 18.7. The molecule has 0 aliphatic carbocycles. The normalized spacial score (nSPS) is 18.0. The highest BCUT2D eigenvalue weighted by Crippen LogP contribution is 2.31. The van der Waals surface area contributed by atoms with Crippen LogP contribution in [0.3, 0.4) is 0 Å². The Morgan fingerprint density at radius 1 is 1.23 bits per heavy atom. The molecule has 1 saturated heterocycles. The number of likely N-dealkylation sites (N-methyl/N-ethyl adjacent to an activating group) is 1. The number of sulfonamides is 1. The number of nitrogens with one attached hydrogen (secondary N) is 1. The zero-order valence-electron chi connectivity index (χ0n) is 14.9. The molecule has 0 radical (unpaired) electrons. The summed E-state index contributed by atoms with van der Waals surface area (Å²) >= 11 is 6.22. The van der Waals surface area contributed by atoms with Crippen molar-refractivity contribution in [1.82, 2.24) is 4.90 Å². The number of anilines is 1. The lowest BCUT2D eigenvalue weighted by molar-refractivity contribution is 0.208. The van der Waals surface area contributed by atoms with Crippen LogP contribution in [0.15, 0.2) is 47.4 Å². The van der Waals surface area contributed by atoms with Gasteiger partial charge < -0.3 is 9.64 Å². The van der Waals surface area contributed by atoms with E-state index in [4.69, 9.17) is 16.3 Å². The number of halogens is 1. The Morgan fingerprint density at radius 3 is 2.58 bits per heavy atom. The Labute approximate surface area is 160 Å². The molecule has 0 spiro atoms. The van der Waals surface area contributed by atoms with E-state index in [0.29, 0.717) is 16.5 Å². The highest BCUT2D eigenvalue weighted by atomic mass is 35.5. The van der Waals surface area contributed by atoms with Crippen LogP contribution in [-0.2, 0) is 16.4 Å². The fourth-order valence-corrected chi connectivity index (χ4v) is 4.16. The Morgan fingerprint density at radius 2 is 1.96 bits per heavy atom. The smallest absolute Gasteiger partial charge is 0.261 e. The second-order valence-electron chi connectivity index (χ2n) is 6.54. The Bertz CT molecular complexity index is 869. The largest absolute Gasteiger partial charge is 0.487 e. The van der Waals surface area contributed by atoms with E-state index in [1.807, 2.05) is 26.1 Å². The third-order valence-electron chi connectivity index (χ3n) is 4.47. The molecule has 26 heavy (non-hydrogen) atoms. The quantitative estimate of drug-likeness (QED) is 0.809. The maximum absolute atomic E-state index is 12.6. The lowest BCUT2D eigenvalue weighted by Crippen LogP contribution is -2.21. The first-order valence-corrected chi connectivity index (χ1v) is 10.5. The fraction of sp³-hybridized carbons (Fsp3) is 0.368. The van der Waals surface area contributed by atoms with E-state index in [9.17, 15) is 8.42 Å². The highest BCUT2D eigenvalue weighted by molar-refractivity contribution is 7.92. The van der Waals surface area contributed by atoms with Gasteiger partial charge in [0.15, 0.2) is 0 Å². The maximum Gasteiger partial charge on any atom is 0.261 e. The molecule has 1 aliphatic heterocycles. The van der Waals surface area contributed by atoms with Crippen molar-refractivity contribution >= 4 is 27.3 Å². The average molecular weight is 395 g/mol. The molecule has 0 unspecified atom stereocenters. The topological polar surface area (TPSA) is 58.6 Å². The molecule has 5 nitrogen and oxygen atoms in total. The molecule has 1 heterocycles. The molecule has 1 N–H and O–H groups in total. The molecule has 0 bridgehead atoms. The molecule has 1 fully saturated rings. The van der Waals surface area contributed by atoms with Gasteiger partial charge in [-0.2, -0.15) is 0 Å². The summed E-state index contributed by atoms with van der Waals surface area (Å²) in [6.45, 7) is 3.83. The maximum atomic E-state index is 12.6. The summed E-state index contributed by atoms with van der Waals surface area (Å²) < 4.78 is 33.7. The second kappa shape index (κ2) is 7.86. The molecule has 0 aromatic heterocycles. The molecule has 1 aliphatic rings. The van der Waals surface area contributed by atoms with Crippen molar-refractivity contribution in [2.24, 2.45) is 0 Å². The Balaban J connectivity index is 1.77. The summed E-state index contributed by atoms with van der Waals surface area (Å²) in [6.07, 6.45) is 1.85. The van der Waals surface area contributed by atoms with Crippen LogP contribution in [0.25, 0.3) is 0 Å². The van der Waals surface area contributed by atoms with E-state index in [2.05, 4.69) is 9.62 Å². The van der Waals surface area contributed by atoms with E-state index in [1.165, 1.54) is 0 Å². The standard InChI is InChI=1S/C19H23ClN2O3S/c1-3-14-4-7-17(8-5-14)26(23,24)21-15-6-9-18(20)19(12-15)25-16-10-11-22(2)13-16/h4-9,12,16,21H,3,10-11,13H2,1-2H3/t16-/m1/s1. The van der Waals surface area contributed by atoms with Crippen molar-refractivity contribution in [2.45, 2.75) is 30.8 Å². The summed E-state index contributed by atoms with van der Waals surface area (Å²) in [7, 11) is -1.62. The first-order chi connectivity index (χ1) is 12.4.